The second-order valence-corrected chi connectivity index (χ2v) is 5.63. The number of amides is 1. The highest BCUT2D eigenvalue weighted by Gasteiger charge is 2.24. The van der Waals surface area contributed by atoms with Crippen LogP contribution in [0.1, 0.15) is 40.5 Å². The maximum absolute atomic E-state index is 11.7. The summed E-state index contributed by atoms with van der Waals surface area (Å²) < 4.78 is 0. The first kappa shape index (κ1) is 16.4. The van der Waals surface area contributed by atoms with E-state index in [2.05, 4.69) is 31.1 Å². The van der Waals surface area contributed by atoms with Crippen LogP contribution in [0.4, 0.5) is 0 Å². The highest BCUT2D eigenvalue weighted by molar-refractivity contribution is 5.81. The van der Waals surface area contributed by atoms with Crippen molar-refractivity contribution in [1.29, 1.82) is 0 Å². The molecule has 102 valence electrons. The molecule has 0 saturated heterocycles. The minimum Gasteiger partial charge on any atom is -0.356 e. The Bertz CT molecular complexity index is 227. The molecular formula is C13H29N3O. The topological polar surface area (TPSA) is 58.4 Å². The van der Waals surface area contributed by atoms with Gasteiger partial charge in [-0.15, -0.1) is 0 Å². The molecule has 0 spiro atoms. The molecule has 0 aromatic heterocycles. The van der Waals surface area contributed by atoms with Crippen molar-refractivity contribution in [3.63, 3.8) is 0 Å². The van der Waals surface area contributed by atoms with Crippen molar-refractivity contribution in [1.82, 2.24) is 10.2 Å². The van der Waals surface area contributed by atoms with Crippen LogP contribution in [-0.2, 0) is 4.79 Å². The van der Waals surface area contributed by atoms with Crippen molar-refractivity contribution < 1.29 is 4.79 Å². The molecule has 0 saturated carbocycles. The first-order chi connectivity index (χ1) is 7.81. The van der Waals surface area contributed by atoms with Gasteiger partial charge in [-0.05, 0) is 54.1 Å². The van der Waals surface area contributed by atoms with Gasteiger partial charge in [-0.25, -0.2) is 0 Å². The molecule has 0 bridgehead atoms. The van der Waals surface area contributed by atoms with Crippen LogP contribution in [0.25, 0.3) is 0 Å². The average molecular weight is 243 g/mol. The van der Waals surface area contributed by atoms with E-state index in [9.17, 15) is 4.79 Å². The van der Waals surface area contributed by atoms with E-state index >= 15 is 0 Å². The zero-order valence-corrected chi connectivity index (χ0v) is 12.0. The minimum atomic E-state index is -0.450. The monoisotopic (exact) mass is 243 g/mol. The highest BCUT2D eigenvalue weighted by atomic mass is 16.2. The van der Waals surface area contributed by atoms with Gasteiger partial charge in [0.2, 0.25) is 5.91 Å². The predicted octanol–water partition coefficient (Wildman–Crippen LogP) is 1.21. The van der Waals surface area contributed by atoms with E-state index in [0.29, 0.717) is 12.6 Å². The summed E-state index contributed by atoms with van der Waals surface area (Å²) in [5.74, 6) is 0.0530. The van der Waals surface area contributed by atoms with Crippen LogP contribution in [0.15, 0.2) is 0 Å². The van der Waals surface area contributed by atoms with Gasteiger partial charge in [0.05, 0.1) is 5.41 Å². The van der Waals surface area contributed by atoms with Gasteiger partial charge in [-0.3, -0.25) is 4.79 Å². The van der Waals surface area contributed by atoms with E-state index < -0.39 is 5.41 Å². The van der Waals surface area contributed by atoms with Gasteiger partial charge in [0.15, 0.2) is 0 Å². The number of unbranched alkanes of at least 4 members (excludes halogenated alkanes) is 1. The number of carbonyl (C=O) groups excluding carboxylic acids is 1. The Labute approximate surface area is 106 Å². The van der Waals surface area contributed by atoms with E-state index in [1.165, 1.54) is 0 Å². The summed E-state index contributed by atoms with van der Waals surface area (Å²) in [5.41, 5.74) is 5.09. The highest BCUT2D eigenvalue weighted by Crippen LogP contribution is 2.11. The third-order valence-corrected chi connectivity index (χ3v) is 3.23. The summed E-state index contributed by atoms with van der Waals surface area (Å²) in [6, 6.07) is 0.584. The van der Waals surface area contributed by atoms with E-state index in [4.69, 9.17) is 5.73 Å². The minimum absolute atomic E-state index is 0.0530. The van der Waals surface area contributed by atoms with Crippen LogP contribution in [0.2, 0.25) is 0 Å². The molecule has 17 heavy (non-hydrogen) atoms. The van der Waals surface area contributed by atoms with Gasteiger partial charge in [0.1, 0.15) is 0 Å². The molecule has 0 unspecified atom stereocenters. The second-order valence-electron chi connectivity index (χ2n) is 5.63. The van der Waals surface area contributed by atoms with Crippen molar-refractivity contribution in [3.8, 4) is 0 Å². The smallest absolute Gasteiger partial charge is 0.226 e. The Morgan fingerprint density at radius 2 is 1.94 bits per heavy atom. The quantitative estimate of drug-likeness (QED) is 0.630. The Kier molecular flexibility index (Phi) is 7.39. The molecule has 4 heteroatoms. The lowest BCUT2D eigenvalue weighted by Gasteiger charge is -2.22. The predicted molar refractivity (Wildman–Crippen MR) is 72.8 cm³/mol. The molecular weight excluding hydrogens is 214 g/mol. The second kappa shape index (κ2) is 7.67. The SMILES string of the molecule is CC(C)N(C)CCCCNC(=O)C(C)(C)CN. The van der Waals surface area contributed by atoms with E-state index in [-0.39, 0.29) is 5.91 Å². The van der Waals surface area contributed by atoms with E-state index in [1.807, 2.05) is 13.8 Å². The summed E-state index contributed by atoms with van der Waals surface area (Å²) in [5, 5.41) is 2.94. The largest absolute Gasteiger partial charge is 0.356 e. The van der Waals surface area contributed by atoms with Gasteiger partial charge >= 0.3 is 0 Å². The molecule has 0 aliphatic rings. The Balaban J connectivity index is 3.62. The van der Waals surface area contributed by atoms with E-state index in [1.54, 1.807) is 0 Å². The Morgan fingerprint density at radius 3 is 2.41 bits per heavy atom. The van der Waals surface area contributed by atoms with Gasteiger partial charge in [-0.1, -0.05) is 0 Å². The molecule has 0 rings (SSSR count). The standard InChI is InChI=1S/C13H29N3O/c1-11(2)16(5)9-7-6-8-15-12(17)13(3,4)10-14/h11H,6-10,14H2,1-5H3,(H,15,17). The molecule has 3 N–H and O–H groups in total. The molecule has 0 aliphatic carbocycles. The fourth-order valence-corrected chi connectivity index (χ4v) is 1.28. The number of nitrogens with one attached hydrogen (secondary N) is 1. The maximum atomic E-state index is 11.7. The lowest BCUT2D eigenvalue weighted by Crippen LogP contribution is -2.42. The number of hydrogen-bond acceptors (Lipinski definition) is 3. The fraction of sp³-hybridized carbons (Fsp3) is 0.923. The van der Waals surface area contributed by atoms with Crippen molar-refractivity contribution in [2.24, 2.45) is 11.1 Å². The van der Waals surface area contributed by atoms with Crippen LogP contribution < -0.4 is 11.1 Å². The zero-order valence-electron chi connectivity index (χ0n) is 12.0. The van der Waals surface area contributed by atoms with Gasteiger partial charge in [-0.2, -0.15) is 0 Å². The third kappa shape index (κ3) is 6.64. The summed E-state index contributed by atoms with van der Waals surface area (Å²) in [4.78, 5) is 14.0. The number of hydrogen-bond donors (Lipinski definition) is 2. The molecule has 4 nitrogen and oxygen atoms in total. The lowest BCUT2D eigenvalue weighted by atomic mass is 9.93. The van der Waals surface area contributed by atoms with Crippen LogP contribution in [-0.4, -0.2) is 43.5 Å². The van der Waals surface area contributed by atoms with Gasteiger partial charge in [0, 0.05) is 19.1 Å². The maximum Gasteiger partial charge on any atom is 0.226 e. The van der Waals surface area contributed by atoms with Crippen LogP contribution in [0.5, 0.6) is 0 Å². The lowest BCUT2D eigenvalue weighted by molar-refractivity contribution is -0.128. The zero-order chi connectivity index (χ0) is 13.5. The number of carbonyl (C=O) groups is 1. The molecule has 0 heterocycles. The molecule has 0 aromatic rings. The summed E-state index contributed by atoms with van der Waals surface area (Å²) in [7, 11) is 2.13. The first-order valence-electron chi connectivity index (χ1n) is 6.50. The Hall–Kier alpha value is -0.610. The summed E-state index contributed by atoms with van der Waals surface area (Å²) >= 11 is 0. The van der Waals surface area contributed by atoms with Crippen molar-refractivity contribution in [2.45, 2.75) is 46.6 Å². The number of nitrogens with zero attached hydrogens (tertiary/aromatic N) is 1. The molecule has 0 fully saturated rings. The molecule has 0 aromatic carbocycles. The third-order valence-electron chi connectivity index (χ3n) is 3.23. The fourth-order valence-electron chi connectivity index (χ4n) is 1.28. The summed E-state index contributed by atoms with van der Waals surface area (Å²) in [6.45, 7) is 10.3. The van der Waals surface area contributed by atoms with Gasteiger partial charge in [0.25, 0.3) is 0 Å². The Morgan fingerprint density at radius 1 is 1.35 bits per heavy atom. The molecule has 0 atom stereocenters. The molecule has 0 aliphatic heterocycles. The van der Waals surface area contributed by atoms with Crippen molar-refractivity contribution in [2.75, 3.05) is 26.7 Å². The van der Waals surface area contributed by atoms with Crippen LogP contribution in [0.3, 0.4) is 0 Å². The number of rotatable bonds is 8. The molecule has 0 radical (unpaired) electrons. The van der Waals surface area contributed by atoms with Crippen molar-refractivity contribution >= 4 is 5.91 Å². The summed E-state index contributed by atoms with van der Waals surface area (Å²) in [6.07, 6.45) is 2.13. The first-order valence-corrected chi connectivity index (χ1v) is 6.50. The average Bonchev–Trinajstić information content (AvgIpc) is 2.27. The number of nitrogens with two attached hydrogens (primary N) is 1. The van der Waals surface area contributed by atoms with Crippen LogP contribution in [0, 0.1) is 5.41 Å². The van der Waals surface area contributed by atoms with Crippen LogP contribution >= 0.6 is 0 Å². The molecule has 1 amide bonds. The van der Waals surface area contributed by atoms with E-state index in [0.717, 1.165) is 25.9 Å². The normalized spacial score (nSPS) is 12.2. The van der Waals surface area contributed by atoms with Gasteiger partial charge < -0.3 is 16.0 Å². The van der Waals surface area contributed by atoms with Crippen molar-refractivity contribution in [3.05, 3.63) is 0 Å².